The normalized spacial score (nSPS) is 10.6. The summed E-state index contributed by atoms with van der Waals surface area (Å²) in [5, 5.41) is 0. The number of esters is 1. The van der Waals surface area contributed by atoms with Crippen LogP contribution in [0.15, 0.2) is 42.7 Å². The zero-order chi connectivity index (χ0) is 17.7. The predicted molar refractivity (Wildman–Crippen MR) is 100 cm³/mol. The molecule has 134 valence electrons. The van der Waals surface area contributed by atoms with Crippen molar-refractivity contribution < 1.29 is 9.53 Å². The molecule has 0 saturated heterocycles. The van der Waals surface area contributed by atoms with E-state index in [0.29, 0.717) is 18.0 Å². The molecule has 0 saturated carbocycles. The number of unbranched alkanes of at least 4 members (excludes halogenated alkanes) is 7. The summed E-state index contributed by atoms with van der Waals surface area (Å²) in [4.78, 5) is 20.3. The Morgan fingerprint density at radius 2 is 1.48 bits per heavy atom. The molecule has 1 aromatic heterocycles. The summed E-state index contributed by atoms with van der Waals surface area (Å²) in [6, 6.07) is 9.10. The van der Waals surface area contributed by atoms with E-state index in [0.717, 1.165) is 18.4 Å². The van der Waals surface area contributed by atoms with E-state index in [9.17, 15) is 4.79 Å². The van der Waals surface area contributed by atoms with Gasteiger partial charge < -0.3 is 4.74 Å². The van der Waals surface area contributed by atoms with Crippen LogP contribution in [0.3, 0.4) is 0 Å². The number of rotatable bonds is 11. The first-order chi connectivity index (χ1) is 12.3. The van der Waals surface area contributed by atoms with Crippen LogP contribution in [0.2, 0.25) is 0 Å². The molecule has 4 nitrogen and oxygen atoms in total. The lowest BCUT2D eigenvalue weighted by atomic mass is 10.1. The van der Waals surface area contributed by atoms with Crippen LogP contribution < -0.4 is 4.74 Å². The van der Waals surface area contributed by atoms with E-state index in [-0.39, 0.29) is 5.97 Å². The summed E-state index contributed by atoms with van der Waals surface area (Å²) >= 11 is 0. The first-order valence-corrected chi connectivity index (χ1v) is 9.37. The van der Waals surface area contributed by atoms with E-state index in [1.54, 1.807) is 30.6 Å². The average Bonchev–Trinajstić information content (AvgIpc) is 2.65. The third-order valence-electron chi connectivity index (χ3n) is 4.14. The van der Waals surface area contributed by atoms with E-state index >= 15 is 0 Å². The van der Waals surface area contributed by atoms with Crippen molar-refractivity contribution in [3.8, 4) is 17.1 Å². The van der Waals surface area contributed by atoms with E-state index in [1.165, 1.54) is 38.5 Å². The minimum atomic E-state index is -0.158. The van der Waals surface area contributed by atoms with E-state index in [1.807, 2.05) is 12.1 Å². The van der Waals surface area contributed by atoms with Crippen molar-refractivity contribution in [3.05, 3.63) is 42.7 Å². The van der Waals surface area contributed by atoms with Crippen molar-refractivity contribution >= 4 is 5.97 Å². The molecule has 2 aromatic rings. The lowest BCUT2D eigenvalue weighted by molar-refractivity contribution is -0.134. The van der Waals surface area contributed by atoms with Crippen LogP contribution in [0.25, 0.3) is 11.4 Å². The van der Waals surface area contributed by atoms with Crippen molar-refractivity contribution in [2.45, 2.75) is 64.7 Å². The van der Waals surface area contributed by atoms with Gasteiger partial charge in [-0.2, -0.15) is 0 Å². The van der Waals surface area contributed by atoms with Crippen molar-refractivity contribution in [3.63, 3.8) is 0 Å². The average molecular weight is 340 g/mol. The third kappa shape index (κ3) is 7.46. The molecule has 0 N–H and O–H groups in total. The summed E-state index contributed by atoms with van der Waals surface area (Å²) in [5.41, 5.74) is 0.906. The quantitative estimate of drug-likeness (QED) is 0.304. The highest BCUT2D eigenvalue weighted by Gasteiger charge is 2.06. The predicted octanol–water partition coefficient (Wildman–Crippen LogP) is 5.58. The Hall–Kier alpha value is -2.23. The van der Waals surface area contributed by atoms with Crippen LogP contribution in [0.4, 0.5) is 0 Å². The summed E-state index contributed by atoms with van der Waals surface area (Å²) in [6.45, 7) is 2.23. The van der Waals surface area contributed by atoms with E-state index in [2.05, 4.69) is 16.9 Å². The maximum Gasteiger partial charge on any atom is 0.311 e. The van der Waals surface area contributed by atoms with Gasteiger partial charge >= 0.3 is 5.97 Å². The molecule has 0 fully saturated rings. The summed E-state index contributed by atoms with van der Waals surface area (Å²) < 4.78 is 5.39. The maximum absolute atomic E-state index is 11.9. The fourth-order valence-electron chi connectivity index (χ4n) is 2.71. The van der Waals surface area contributed by atoms with Crippen LogP contribution in [0.1, 0.15) is 64.7 Å². The van der Waals surface area contributed by atoms with Gasteiger partial charge in [-0.05, 0) is 36.8 Å². The zero-order valence-corrected chi connectivity index (χ0v) is 15.1. The van der Waals surface area contributed by atoms with Gasteiger partial charge in [-0.3, -0.25) is 4.79 Å². The molecule has 1 heterocycles. The number of aromatic nitrogens is 2. The molecule has 1 aromatic carbocycles. The standard InChI is InChI=1S/C21H28N2O2/c1-2-3-4-5-6-7-8-9-11-20(24)25-19-14-12-18(13-15-19)21-22-16-10-17-23-21/h10,12-17H,2-9,11H2,1H3. The SMILES string of the molecule is CCCCCCCCCCC(=O)Oc1ccc(-c2ncccn2)cc1. The van der Waals surface area contributed by atoms with Crippen LogP contribution in [-0.4, -0.2) is 15.9 Å². The molecule has 0 aliphatic heterocycles. The highest BCUT2D eigenvalue weighted by Crippen LogP contribution is 2.19. The van der Waals surface area contributed by atoms with Crippen molar-refractivity contribution in [1.29, 1.82) is 0 Å². The Morgan fingerprint density at radius 3 is 2.12 bits per heavy atom. The van der Waals surface area contributed by atoms with Gasteiger partial charge in [-0.25, -0.2) is 9.97 Å². The monoisotopic (exact) mass is 340 g/mol. The lowest BCUT2D eigenvalue weighted by Gasteiger charge is -2.05. The largest absolute Gasteiger partial charge is 0.427 e. The molecule has 25 heavy (non-hydrogen) atoms. The second kappa shape index (κ2) is 11.3. The highest BCUT2D eigenvalue weighted by molar-refractivity contribution is 5.72. The molecule has 0 spiro atoms. The van der Waals surface area contributed by atoms with E-state index in [4.69, 9.17) is 4.74 Å². The fraction of sp³-hybridized carbons (Fsp3) is 0.476. The third-order valence-corrected chi connectivity index (χ3v) is 4.14. The minimum absolute atomic E-state index is 0.158. The molecule has 0 aliphatic carbocycles. The molecule has 4 heteroatoms. The first-order valence-electron chi connectivity index (χ1n) is 9.37. The van der Waals surface area contributed by atoms with Gasteiger partial charge in [0.25, 0.3) is 0 Å². The molecule has 0 unspecified atom stereocenters. The van der Waals surface area contributed by atoms with E-state index < -0.39 is 0 Å². The Bertz CT molecular complexity index is 612. The van der Waals surface area contributed by atoms with Crippen LogP contribution in [-0.2, 0) is 4.79 Å². The van der Waals surface area contributed by atoms with Crippen LogP contribution >= 0.6 is 0 Å². The van der Waals surface area contributed by atoms with Gasteiger partial charge in [-0.15, -0.1) is 0 Å². The van der Waals surface area contributed by atoms with Crippen molar-refractivity contribution in [2.75, 3.05) is 0 Å². The number of hydrogen-bond acceptors (Lipinski definition) is 4. The zero-order valence-electron chi connectivity index (χ0n) is 15.1. The molecule has 0 radical (unpaired) electrons. The molecular weight excluding hydrogens is 312 g/mol. The van der Waals surface area contributed by atoms with Gasteiger partial charge in [0.2, 0.25) is 0 Å². The Morgan fingerprint density at radius 1 is 0.880 bits per heavy atom. The second-order valence-corrected chi connectivity index (χ2v) is 6.30. The molecule has 0 bridgehead atoms. The van der Waals surface area contributed by atoms with Gasteiger partial charge in [-0.1, -0.05) is 51.9 Å². The number of benzene rings is 1. The lowest BCUT2D eigenvalue weighted by Crippen LogP contribution is -2.07. The van der Waals surface area contributed by atoms with Gasteiger partial charge in [0.05, 0.1) is 0 Å². The number of carbonyl (C=O) groups is 1. The Labute approximate surface area is 150 Å². The highest BCUT2D eigenvalue weighted by atomic mass is 16.5. The number of hydrogen-bond donors (Lipinski definition) is 0. The molecular formula is C21H28N2O2. The number of ether oxygens (including phenoxy) is 1. The van der Waals surface area contributed by atoms with Gasteiger partial charge in [0.1, 0.15) is 5.75 Å². The Kier molecular flexibility index (Phi) is 8.67. The molecule has 0 aliphatic rings. The maximum atomic E-state index is 11.9. The molecule has 0 amide bonds. The van der Waals surface area contributed by atoms with Gasteiger partial charge in [0, 0.05) is 24.4 Å². The van der Waals surface area contributed by atoms with Crippen molar-refractivity contribution in [2.24, 2.45) is 0 Å². The first kappa shape index (κ1) is 19.1. The van der Waals surface area contributed by atoms with Crippen LogP contribution in [0, 0.1) is 0 Å². The molecule has 0 atom stereocenters. The smallest absolute Gasteiger partial charge is 0.311 e. The minimum Gasteiger partial charge on any atom is -0.427 e. The van der Waals surface area contributed by atoms with Gasteiger partial charge in [0.15, 0.2) is 5.82 Å². The second-order valence-electron chi connectivity index (χ2n) is 6.30. The Balaban J connectivity index is 1.64. The van der Waals surface area contributed by atoms with Crippen molar-refractivity contribution in [1.82, 2.24) is 9.97 Å². The number of nitrogens with zero attached hydrogens (tertiary/aromatic N) is 2. The molecule has 2 rings (SSSR count). The fourth-order valence-corrected chi connectivity index (χ4v) is 2.71. The summed E-state index contributed by atoms with van der Waals surface area (Å²) in [7, 11) is 0. The number of carbonyl (C=O) groups excluding carboxylic acids is 1. The topological polar surface area (TPSA) is 52.1 Å². The summed E-state index contributed by atoms with van der Waals surface area (Å²) in [5.74, 6) is 1.08. The van der Waals surface area contributed by atoms with Crippen LogP contribution in [0.5, 0.6) is 5.75 Å². The summed E-state index contributed by atoms with van der Waals surface area (Å²) in [6.07, 6.45) is 13.7.